The summed E-state index contributed by atoms with van der Waals surface area (Å²) in [5.74, 6) is 0. The largest absolute Gasteiger partial charge is 0.303 e. The molecule has 0 N–H and O–H groups in total. The van der Waals surface area contributed by atoms with Crippen LogP contribution < -0.4 is 5.01 Å². The third-order valence-electron chi connectivity index (χ3n) is 4.59. The van der Waals surface area contributed by atoms with Gasteiger partial charge in [-0.1, -0.05) is 28.1 Å². The molecule has 1 aliphatic rings. The summed E-state index contributed by atoms with van der Waals surface area (Å²) in [6.07, 6.45) is 5.62. The van der Waals surface area contributed by atoms with Gasteiger partial charge in [-0.05, 0) is 36.9 Å². The smallest absolute Gasteiger partial charge is 0.0999 e. The first kappa shape index (κ1) is 16.3. The minimum Gasteiger partial charge on any atom is -0.303 e. The normalized spacial score (nSPS) is 15.5. The van der Waals surface area contributed by atoms with Gasteiger partial charge in [-0.25, -0.2) is 0 Å². The molecule has 0 saturated carbocycles. The van der Waals surface area contributed by atoms with E-state index >= 15 is 0 Å². The lowest BCUT2D eigenvalue weighted by Gasteiger charge is -2.34. The zero-order valence-electron chi connectivity index (χ0n) is 14.1. The van der Waals surface area contributed by atoms with Crippen LogP contribution in [0.1, 0.15) is 0 Å². The Morgan fingerprint density at radius 1 is 0.960 bits per heavy atom. The van der Waals surface area contributed by atoms with E-state index in [1.165, 1.54) is 0 Å². The van der Waals surface area contributed by atoms with Crippen molar-refractivity contribution in [3.05, 3.63) is 59.5 Å². The van der Waals surface area contributed by atoms with Crippen LogP contribution in [0.3, 0.4) is 0 Å². The van der Waals surface area contributed by atoms with Crippen LogP contribution in [0, 0.1) is 0 Å². The van der Waals surface area contributed by atoms with Crippen LogP contribution in [0.2, 0.25) is 0 Å². The van der Waals surface area contributed by atoms with Gasteiger partial charge in [0.2, 0.25) is 0 Å². The molecule has 3 heterocycles. The van der Waals surface area contributed by atoms with Gasteiger partial charge in [0.1, 0.15) is 0 Å². The highest BCUT2D eigenvalue weighted by Gasteiger charge is 2.21. The van der Waals surface area contributed by atoms with Gasteiger partial charge in [-0.2, -0.15) is 9.89 Å². The summed E-state index contributed by atoms with van der Waals surface area (Å²) in [6, 6.07) is 12.5. The molecule has 0 radical (unpaired) electrons. The van der Waals surface area contributed by atoms with Crippen molar-refractivity contribution in [1.29, 1.82) is 0 Å². The molecule has 3 aromatic rings. The molecule has 25 heavy (non-hydrogen) atoms. The Bertz CT molecular complexity index is 853. The molecule has 2 aromatic heterocycles. The van der Waals surface area contributed by atoms with Crippen molar-refractivity contribution in [3.63, 3.8) is 0 Å². The summed E-state index contributed by atoms with van der Waals surface area (Å²) in [5.41, 5.74) is 4.53. The fraction of sp³-hybridized carbons (Fsp3) is 0.263. The first-order valence-electron chi connectivity index (χ1n) is 8.40. The van der Waals surface area contributed by atoms with Crippen LogP contribution in [0.15, 0.2) is 59.5 Å². The zero-order chi connectivity index (χ0) is 17.2. The number of pyridine rings is 1. The van der Waals surface area contributed by atoms with Crippen molar-refractivity contribution in [2.45, 2.75) is 0 Å². The van der Waals surface area contributed by atoms with Crippen molar-refractivity contribution in [3.8, 4) is 22.4 Å². The van der Waals surface area contributed by atoms with E-state index in [4.69, 9.17) is 5.10 Å². The molecule has 1 saturated heterocycles. The summed E-state index contributed by atoms with van der Waals surface area (Å²) in [6.45, 7) is 4.02. The number of benzene rings is 1. The number of piperazine rings is 1. The van der Waals surface area contributed by atoms with Gasteiger partial charge in [-0.3, -0.25) is 9.99 Å². The Morgan fingerprint density at radius 3 is 2.44 bits per heavy atom. The quantitative estimate of drug-likeness (QED) is 0.679. The van der Waals surface area contributed by atoms with Crippen LogP contribution in [0.25, 0.3) is 22.4 Å². The Hall–Kier alpha value is -2.18. The monoisotopic (exact) mass is 397 g/mol. The lowest BCUT2D eigenvalue weighted by molar-refractivity contribution is 0.281. The molecule has 6 heteroatoms. The summed E-state index contributed by atoms with van der Waals surface area (Å²) in [5, 5.41) is 7.06. The molecule has 0 unspecified atom stereocenters. The number of halogens is 1. The summed E-state index contributed by atoms with van der Waals surface area (Å²) < 4.78 is 1.07. The van der Waals surface area contributed by atoms with E-state index in [-0.39, 0.29) is 0 Å². The fourth-order valence-corrected chi connectivity index (χ4v) is 3.59. The molecule has 0 bridgehead atoms. The third-order valence-corrected chi connectivity index (χ3v) is 5.08. The first-order valence-corrected chi connectivity index (χ1v) is 9.20. The van der Waals surface area contributed by atoms with Gasteiger partial charge in [-0.15, -0.1) is 0 Å². The second-order valence-corrected chi connectivity index (χ2v) is 7.22. The van der Waals surface area contributed by atoms with Crippen molar-refractivity contribution in [2.24, 2.45) is 0 Å². The number of likely N-dealkylation sites (N-methyl/N-ethyl adjacent to an activating group) is 1. The van der Waals surface area contributed by atoms with Crippen LogP contribution in [0.4, 0.5) is 0 Å². The predicted octanol–water partition coefficient (Wildman–Crippen LogP) is 3.26. The molecule has 4 rings (SSSR count). The van der Waals surface area contributed by atoms with E-state index < -0.39 is 0 Å². The molecule has 1 aliphatic heterocycles. The van der Waals surface area contributed by atoms with E-state index in [1.54, 1.807) is 0 Å². The molecular weight excluding hydrogens is 378 g/mol. The average Bonchev–Trinajstić information content (AvgIpc) is 3.08. The Kier molecular flexibility index (Phi) is 4.55. The minimum absolute atomic E-state index is 0.967. The number of nitrogens with zero attached hydrogens (tertiary/aromatic N) is 5. The summed E-state index contributed by atoms with van der Waals surface area (Å²) >= 11 is 3.60. The van der Waals surface area contributed by atoms with Crippen LogP contribution in [-0.4, -0.2) is 53.0 Å². The minimum atomic E-state index is 0.967. The summed E-state index contributed by atoms with van der Waals surface area (Å²) in [7, 11) is 2.16. The second kappa shape index (κ2) is 6.98. The van der Waals surface area contributed by atoms with Gasteiger partial charge in [0, 0.05) is 54.2 Å². The highest BCUT2D eigenvalue weighted by atomic mass is 79.9. The van der Waals surface area contributed by atoms with Gasteiger partial charge < -0.3 is 4.90 Å². The van der Waals surface area contributed by atoms with Gasteiger partial charge in [0.05, 0.1) is 11.9 Å². The highest BCUT2D eigenvalue weighted by molar-refractivity contribution is 9.10. The van der Waals surface area contributed by atoms with E-state index in [9.17, 15) is 0 Å². The van der Waals surface area contributed by atoms with Crippen LogP contribution >= 0.6 is 15.9 Å². The topological polar surface area (TPSA) is 37.2 Å². The molecule has 0 amide bonds. The van der Waals surface area contributed by atoms with Crippen molar-refractivity contribution >= 4 is 15.9 Å². The number of aromatic nitrogens is 3. The SMILES string of the molecule is CN1CCN(n2ncc(-c3ccncc3)c2-c2cccc(Br)c2)CC1. The lowest BCUT2D eigenvalue weighted by atomic mass is 10.0. The number of rotatable bonds is 3. The van der Waals surface area contributed by atoms with Crippen LogP contribution in [0.5, 0.6) is 0 Å². The molecule has 0 spiro atoms. The molecule has 0 atom stereocenters. The molecule has 128 valence electrons. The molecular formula is C19H20BrN5. The standard InChI is InChI=1S/C19H20BrN5/c1-23-9-11-24(12-10-23)25-19(16-3-2-4-17(20)13-16)18(14-22-25)15-5-7-21-8-6-15/h2-8,13-14H,9-12H2,1H3. The summed E-state index contributed by atoms with van der Waals surface area (Å²) in [4.78, 5) is 8.57. The highest BCUT2D eigenvalue weighted by Crippen LogP contribution is 2.33. The van der Waals surface area contributed by atoms with Gasteiger partial charge in [0.25, 0.3) is 0 Å². The maximum absolute atomic E-state index is 4.74. The Labute approximate surface area is 156 Å². The maximum atomic E-state index is 4.74. The van der Waals surface area contributed by atoms with E-state index in [2.05, 4.69) is 60.9 Å². The van der Waals surface area contributed by atoms with Crippen LogP contribution in [-0.2, 0) is 0 Å². The average molecular weight is 398 g/mol. The predicted molar refractivity (Wildman–Crippen MR) is 104 cm³/mol. The van der Waals surface area contributed by atoms with Crippen molar-refractivity contribution in [1.82, 2.24) is 19.8 Å². The second-order valence-electron chi connectivity index (χ2n) is 6.30. The molecule has 5 nitrogen and oxygen atoms in total. The molecule has 1 aromatic carbocycles. The Balaban J connectivity index is 1.83. The zero-order valence-corrected chi connectivity index (χ0v) is 15.7. The van der Waals surface area contributed by atoms with Crippen molar-refractivity contribution in [2.75, 3.05) is 38.2 Å². The Morgan fingerprint density at radius 2 is 1.72 bits per heavy atom. The third kappa shape index (κ3) is 3.32. The van der Waals surface area contributed by atoms with E-state index in [1.807, 2.05) is 36.8 Å². The van der Waals surface area contributed by atoms with Gasteiger partial charge in [0.15, 0.2) is 0 Å². The number of hydrogen-bond donors (Lipinski definition) is 0. The van der Waals surface area contributed by atoms with E-state index in [0.717, 1.165) is 53.0 Å². The number of hydrogen-bond acceptors (Lipinski definition) is 4. The fourth-order valence-electron chi connectivity index (χ4n) is 3.19. The van der Waals surface area contributed by atoms with E-state index in [0.29, 0.717) is 0 Å². The van der Waals surface area contributed by atoms with Crippen molar-refractivity contribution < 1.29 is 0 Å². The maximum Gasteiger partial charge on any atom is 0.0999 e. The first-order chi connectivity index (χ1) is 12.2. The molecule has 1 fully saturated rings. The lowest BCUT2D eigenvalue weighted by Crippen LogP contribution is -2.50. The molecule has 0 aliphatic carbocycles. The van der Waals surface area contributed by atoms with Gasteiger partial charge >= 0.3 is 0 Å².